The number of rotatable bonds is 6. The van der Waals surface area contributed by atoms with Crippen LogP contribution in [0.4, 0.5) is 5.69 Å². The van der Waals surface area contributed by atoms with E-state index in [2.05, 4.69) is 34.2 Å². The van der Waals surface area contributed by atoms with Gasteiger partial charge in [-0.2, -0.15) is 0 Å². The predicted molar refractivity (Wildman–Crippen MR) is 134 cm³/mol. The van der Waals surface area contributed by atoms with Crippen LogP contribution in [0.2, 0.25) is 0 Å². The van der Waals surface area contributed by atoms with Crippen LogP contribution in [-0.4, -0.2) is 56.7 Å². The third-order valence-corrected chi connectivity index (χ3v) is 8.23. The Kier molecular flexibility index (Phi) is 8.27. The number of hydrogen-bond acceptors (Lipinski definition) is 4. The second-order valence-electron chi connectivity index (χ2n) is 10.5. The summed E-state index contributed by atoms with van der Waals surface area (Å²) in [7, 11) is 1.74. The van der Waals surface area contributed by atoms with Gasteiger partial charge in [0.15, 0.2) is 0 Å². The Labute approximate surface area is 205 Å². The molecule has 32 heavy (non-hydrogen) atoms. The molecule has 180 valence electrons. The first-order chi connectivity index (χ1) is 14.5. The number of benzene rings is 1. The fourth-order valence-corrected chi connectivity index (χ4v) is 7.26. The number of anilines is 1. The first-order valence-electron chi connectivity index (χ1n) is 12.0. The zero-order valence-electron chi connectivity index (χ0n) is 19.4. The highest BCUT2D eigenvalue weighted by Crippen LogP contribution is 2.60. The molecule has 5 nitrogen and oxygen atoms in total. The normalized spacial score (nSPS) is 31.9. The molecule has 1 atom stereocenters. The molecule has 1 aliphatic heterocycles. The minimum atomic E-state index is -0.0361. The van der Waals surface area contributed by atoms with E-state index < -0.39 is 0 Å². The molecule has 0 spiro atoms. The Balaban J connectivity index is 0.00000144. The number of para-hydroxylation sites is 2. The number of carbonyl (C=O) groups excluding carboxylic acids is 1. The summed E-state index contributed by atoms with van der Waals surface area (Å²) in [5.41, 5.74) is 1.15. The molecule has 5 fully saturated rings. The van der Waals surface area contributed by atoms with Gasteiger partial charge in [-0.15, -0.1) is 24.8 Å². The second-order valence-corrected chi connectivity index (χ2v) is 10.5. The van der Waals surface area contributed by atoms with Crippen molar-refractivity contribution >= 4 is 36.4 Å². The van der Waals surface area contributed by atoms with Crippen molar-refractivity contribution in [1.82, 2.24) is 10.2 Å². The van der Waals surface area contributed by atoms with E-state index in [0.29, 0.717) is 5.91 Å². The van der Waals surface area contributed by atoms with Gasteiger partial charge in [0.05, 0.1) is 12.8 Å². The number of piperazine rings is 1. The van der Waals surface area contributed by atoms with Gasteiger partial charge < -0.3 is 15.0 Å². The predicted octanol–water partition coefficient (Wildman–Crippen LogP) is 4.38. The maximum Gasteiger partial charge on any atom is 0.226 e. The Morgan fingerprint density at radius 3 is 2.16 bits per heavy atom. The van der Waals surface area contributed by atoms with Crippen LogP contribution in [0.15, 0.2) is 24.3 Å². The highest BCUT2D eigenvalue weighted by molar-refractivity contribution is 5.85. The van der Waals surface area contributed by atoms with Gasteiger partial charge in [0.1, 0.15) is 5.75 Å². The van der Waals surface area contributed by atoms with Gasteiger partial charge in [0, 0.05) is 44.2 Å². The summed E-state index contributed by atoms with van der Waals surface area (Å²) >= 11 is 0. The summed E-state index contributed by atoms with van der Waals surface area (Å²) in [6.07, 6.45) is 7.61. The Morgan fingerprint density at radius 1 is 1.03 bits per heavy atom. The van der Waals surface area contributed by atoms with Gasteiger partial charge >= 0.3 is 0 Å². The van der Waals surface area contributed by atoms with Crippen LogP contribution < -0.4 is 15.0 Å². The molecule has 1 saturated heterocycles. The molecule has 1 N–H and O–H groups in total. The number of carbonyl (C=O) groups is 1. The number of hydrogen-bond donors (Lipinski definition) is 1. The first-order valence-corrected chi connectivity index (χ1v) is 12.0. The highest BCUT2D eigenvalue weighted by Gasteiger charge is 2.54. The van der Waals surface area contributed by atoms with E-state index in [4.69, 9.17) is 4.74 Å². The smallest absolute Gasteiger partial charge is 0.226 e. The summed E-state index contributed by atoms with van der Waals surface area (Å²) in [6, 6.07) is 8.48. The van der Waals surface area contributed by atoms with E-state index >= 15 is 0 Å². The third-order valence-electron chi connectivity index (χ3n) is 8.23. The SMILES string of the molecule is COc1ccccc1N1CCN(C[C@@H](C)NC(=O)C23CC4CC(CC(C4)C2)C3)CC1.Cl.Cl. The molecular weight excluding hydrogens is 445 g/mol. The maximum absolute atomic E-state index is 13.3. The van der Waals surface area contributed by atoms with Crippen LogP contribution in [0.3, 0.4) is 0 Å². The van der Waals surface area contributed by atoms with E-state index in [9.17, 15) is 4.79 Å². The average molecular weight is 485 g/mol. The molecule has 1 heterocycles. The lowest BCUT2D eigenvalue weighted by molar-refractivity contribution is -0.147. The van der Waals surface area contributed by atoms with Gasteiger partial charge in [-0.25, -0.2) is 0 Å². The lowest BCUT2D eigenvalue weighted by Gasteiger charge is -2.55. The number of ether oxygens (including phenoxy) is 1. The van der Waals surface area contributed by atoms with E-state index in [-0.39, 0.29) is 36.3 Å². The number of nitrogens with zero attached hydrogens (tertiary/aromatic N) is 2. The van der Waals surface area contributed by atoms with E-state index in [1.165, 1.54) is 24.9 Å². The quantitative estimate of drug-likeness (QED) is 0.651. The van der Waals surface area contributed by atoms with Gasteiger partial charge in [0.25, 0.3) is 0 Å². The fourth-order valence-electron chi connectivity index (χ4n) is 7.26. The van der Waals surface area contributed by atoms with Crippen molar-refractivity contribution in [2.45, 2.75) is 51.5 Å². The molecule has 6 rings (SSSR count). The van der Waals surface area contributed by atoms with Crippen molar-refractivity contribution in [2.75, 3.05) is 44.7 Å². The molecule has 1 amide bonds. The topological polar surface area (TPSA) is 44.8 Å². The molecular formula is C25H39Cl2N3O2. The minimum Gasteiger partial charge on any atom is -0.495 e. The van der Waals surface area contributed by atoms with E-state index in [0.717, 1.165) is 75.5 Å². The monoisotopic (exact) mass is 483 g/mol. The summed E-state index contributed by atoms with van der Waals surface area (Å²) < 4.78 is 5.53. The Hall–Kier alpha value is -1.17. The molecule has 4 aliphatic carbocycles. The zero-order valence-corrected chi connectivity index (χ0v) is 21.1. The van der Waals surface area contributed by atoms with Gasteiger partial charge in [-0.1, -0.05) is 12.1 Å². The van der Waals surface area contributed by atoms with Crippen LogP contribution in [0.25, 0.3) is 0 Å². The van der Waals surface area contributed by atoms with Crippen molar-refractivity contribution in [3.05, 3.63) is 24.3 Å². The molecule has 1 aromatic carbocycles. The molecule has 4 saturated carbocycles. The standard InChI is InChI=1S/C25H37N3O2.2ClH/c1-18(26-24(29)25-14-19-11-20(15-25)13-21(12-19)16-25)17-27-7-9-28(10-8-27)22-5-3-4-6-23(22)30-2;;/h3-6,18-21H,7-17H2,1-2H3,(H,26,29);2*1H/t18-,19?,20?,21?,25?;;/m1../s1. The number of amides is 1. The van der Waals surface area contributed by atoms with Crippen LogP contribution in [0.5, 0.6) is 5.75 Å². The summed E-state index contributed by atoms with van der Waals surface area (Å²) in [5, 5.41) is 3.43. The van der Waals surface area contributed by atoms with Crippen molar-refractivity contribution in [1.29, 1.82) is 0 Å². The Bertz CT molecular complexity index is 747. The molecule has 5 aliphatic rings. The van der Waals surface area contributed by atoms with Crippen molar-refractivity contribution < 1.29 is 9.53 Å². The fraction of sp³-hybridized carbons (Fsp3) is 0.720. The number of halogens is 2. The molecule has 1 aromatic rings. The lowest BCUT2D eigenvalue weighted by Crippen LogP contribution is -2.57. The summed E-state index contributed by atoms with van der Waals surface area (Å²) in [6.45, 7) is 7.17. The Morgan fingerprint density at radius 2 is 1.59 bits per heavy atom. The van der Waals surface area contributed by atoms with Crippen LogP contribution in [-0.2, 0) is 4.79 Å². The van der Waals surface area contributed by atoms with Gasteiger partial charge in [-0.3, -0.25) is 9.69 Å². The van der Waals surface area contributed by atoms with E-state index in [1.54, 1.807) is 7.11 Å². The largest absolute Gasteiger partial charge is 0.495 e. The molecule has 7 heteroatoms. The maximum atomic E-state index is 13.3. The second kappa shape index (κ2) is 10.4. The molecule has 0 aromatic heterocycles. The molecule has 0 radical (unpaired) electrons. The van der Waals surface area contributed by atoms with Crippen LogP contribution >= 0.6 is 24.8 Å². The van der Waals surface area contributed by atoms with Crippen LogP contribution in [0, 0.1) is 23.2 Å². The summed E-state index contributed by atoms with van der Waals surface area (Å²) in [4.78, 5) is 18.2. The molecule has 0 unspecified atom stereocenters. The van der Waals surface area contributed by atoms with Crippen molar-refractivity contribution in [3.8, 4) is 5.75 Å². The minimum absolute atomic E-state index is 0. The summed E-state index contributed by atoms with van der Waals surface area (Å²) in [5.74, 6) is 3.77. The first kappa shape index (κ1) is 25.5. The number of methoxy groups -OCH3 is 1. The zero-order chi connectivity index (χ0) is 20.7. The average Bonchev–Trinajstić information content (AvgIpc) is 2.73. The van der Waals surface area contributed by atoms with Crippen molar-refractivity contribution in [2.24, 2.45) is 23.2 Å². The van der Waals surface area contributed by atoms with Gasteiger partial charge in [-0.05, 0) is 75.3 Å². The van der Waals surface area contributed by atoms with Crippen LogP contribution in [0.1, 0.15) is 45.4 Å². The number of nitrogens with one attached hydrogen (secondary N) is 1. The third kappa shape index (κ3) is 5.00. The molecule has 4 bridgehead atoms. The van der Waals surface area contributed by atoms with Gasteiger partial charge in [0.2, 0.25) is 5.91 Å². The van der Waals surface area contributed by atoms with E-state index in [1.807, 2.05) is 12.1 Å². The van der Waals surface area contributed by atoms with Crippen molar-refractivity contribution in [3.63, 3.8) is 0 Å². The lowest BCUT2D eigenvalue weighted by atomic mass is 9.49. The highest BCUT2D eigenvalue weighted by atomic mass is 35.5.